The lowest BCUT2D eigenvalue weighted by atomic mass is 9.94. The monoisotopic (exact) mass is 924 g/mol. The highest BCUT2D eigenvalue weighted by atomic mass is 16.5. The van der Waals surface area contributed by atoms with Crippen LogP contribution in [0.2, 0.25) is 0 Å². The van der Waals surface area contributed by atoms with Gasteiger partial charge in [0.1, 0.15) is 0 Å². The van der Waals surface area contributed by atoms with E-state index in [1.54, 1.807) is 7.11 Å². The first-order valence-electron chi connectivity index (χ1n) is 28.7. The fraction of sp³-hybridized carbons (Fsp3) is 0.965. The molecule has 0 aromatic rings. The highest BCUT2D eigenvalue weighted by Gasteiger charge is 2.14. The summed E-state index contributed by atoms with van der Waals surface area (Å²) in [4.78, 5) is 28.0. The van der Waals surface area contributed by atoms with Gasteiger partial charge in [0.25, 0.3) is 0 Å². The second kappa shape index (κ2) is 53.7. The molecule has 8 nitrogen and oxygen atoms in total. The molecule has 0 spiro atoms. The molecule has 0 radical (unpaired) electrons. The molecule has 1 unspecified atom stereocenters. The fourth-order valence-corrected chi connectivity index (χ4v) is 8.95. The van der Waals surface area contributed by atoms with E-state index in [-0.39, 0.29) is 11.9 Å². The second-order valence-corrected chi connectivity index (χ2v) is 19.7. The maximum Gasteiger partial charge on any atom is 0.305 e. The highest BCUT2D eigenvalue weighted by Crippen LogP contribution is 2.22. The van der Waals surface area contributed by atoms with E-state index in [4.69, 9.17) is 23.7 Å². The molecule has 0 heterocycles. The smallest absolute Gasteiger partial charge is 0.305 e. The lowest BCUT2D eigenvalue weighted by molar-refractivity contribution is -0.146. The number of nitrogens with zero attached hydrogens (tertiary/aromatic N) is 1. The quantitative estimate of drug-likeness (QED) is 0.0441. The lowest BCUT2D eigenvalue weighted by Crippen LogP contribution is -2.30. The van der Waals surface area contributed by atoms with Gasteiger partial charge in [-0.05, 0) is 76.3 Å². The normalized spacial score (nSPS) is 12.2. The summed E-state index contributed by atoms with van der Waals surface area (Å²) in [6.07, 6.45) is 45.9. The molecule has 0 saturated heterocycles. The second-order valence-electron chi connectivity index (χ2n) is 19.7. The first-order chi connectivity index (χ1) is 32.0. The SMILES string of the molecule is CCCCCCCCC(CCCCCC)COC(=O)CCCCCCCN(CCCCCCCC(=O)OCC(CCCCCCCC)CCCCCCCC)CCOCCOCCOC. The van der Waals surface area contributed by atoms with Crippen LogP contribution in [0.4, 0.5) is 0 Å². The number of esters is 2. The van der Waals surface area contributed by atoms with Crippen LogP contribution < -0.4 is 0 Å². The predicted octanol–water partition coefficient (Wildman–Crippen LogP) is 16.2. The predicted molar refractivity (Wildman–Crippen MR) is 277 cm³/mol. The van der Waals surface area contributed by atoms with Gasteiger partial charge in [-0.2, -0.15) is 0 Å². The maximum absolute atomic E-state index is 12.7. The number of methoxy groups -OCH3 is 1. The van der Waals surface area contributed by atoms with E-state index in [1.165, 1.54) is 193 Å². The van der Waals surface area contributed by atoms with Crippen molar-refractivity contribution >= 4 is 11.9 Å². The average Bonchev–Trinajstić information content (AvgIpc) is 3.31. The molecule has 65 heavy (non-hydrogen) atoms. The Morgan fingerprint density at radius 2 is 0.662 bits per heavy atom. The van der Waals surface area contributed by atoms with Crippen molar-refractivity contribution in [1.29, 1.82) is 0 Å². The summed E-state index contributed by atoms with van der Waals surface area (Å²) < 4.78 is 28.3. The number of rotatable bonds is 55. The average molecular weight is 925 g/mol. The zero-order chi connectivity index (χ0) is 47.4. The van der Waals surface area contributed by atoms with Crippen LogP contribution in [0.3, 0.4) is 0 Å². The van der Waals surface area contributed by atoms with Crippen molar-refractivity contribution in [2.45, 2.75) is 272 Å². The number of unbranched alkanes of at least 4 members (excludes halogenated alkanes) is 26. The topological polar surface area (TPSA) is 83.5 Å². The minimum Gasteiger partial charge on any atom is -0.465 e. The van der Waals surface area contributed by atoms with Crippen LogP contribution in [0.5, 0.6) is 0 Å². The van der Waals surface area contributed by atoms with Crippen molar-refractivity contribution in [3.63, 3.8) is 0 Å². The van der Waals surface area contributed by atoms with Crippen molar-refractivity contribution in [2.75, 3.05) is 73.0 Å². The molecule has 8 heteroatoms. The highest BCUT2D eigenvalue weighted by molar-refractivity contribution is 5.69. The summed E-state index contributed by atoms with van der Waals surface area (Å²) in [6.45, 7) is 16.6. The van der Waals surface area contributed by atoms with Crippen LogP contribution in [0.1, 0.15) is 272 Å². The van der Waals surface area contributed by atoms with Gasteiger partial charge in [0, 0.05) is 26.5 Å². The maximum atomic E-state index is 12.7. The molecule has 0 bridgehead atoms. The van der Waals surface area contributed by atoms with E-state index < -0.39 is 0 Å². The third-order valence-electron chi connectivity index (χ3n) is 13.4. The van der Waals surface area contributed by atoms with Gasteiger partial charge in [-0.15, -0.1) is 0 Å². The summed E-state index contributed by atoms with van der Waals surface area (Å²) >= 11 is 0. The van der Waals surface area contributed by atoms with E-state index in [1.807, 2.05) is 0 Å². The van der Waals surface area contributed by atoms with E-state index >= 15 is 0 Å². The van der Waals surface area contributed by atoms with Gasteiger partial charge in [-0.1, -0.05) is 207 Å². The van der Waals surface area contributed by atoms with Crippen molar-refractivity contribution in [3.05, 3.63) is 0 Å². The van der Waals surface area contributed by atoms with Gasteiger partial charge in [0.05, 0.1) is 46.2 Å². The summed E-state index contributed by atoms with van der Waals surface area (Å²) in [5.74, 6) is 1.07. The molecular formula is C57H113NO7. The Balaban J connectivity index is 4.51. The van der Waals surface area contributed by atoms with Gasteiger partial charge in [-0.25, -0.2) is 0 Å². The Labute approximate surface area is 405 Å². The minimum atomic E-state index is 0.00279. The first kappa shape index (κ1) is 63.8. The van der Waals surface area contributed by atoms with Crippen molar-refractivity contribution in [3.8, 4) is 0 Å². The fourth-order valence-electron chi connectivity index (χ4n) is 8.95. The molecule has 0 amide bonds. The zero-order valence-electron chi connectivity index (χ0n) is 44.4. The summed E-state index contributed by atoms with van der Waals surface area (Å²) in [6, 6.07) is 0. The number of hydrogen-bond donors (Lipinski definition) is 0. The van der Waals surface area contributed by atoms with Crippen molar-refractivity contribution in [2.24, 2.45) is 11.8 Å². The molecule has 1 atom stereocenters. The van der Waals surface area contributed by atoms with Crippen molar-refractivity contribution in [1.82, 2.24) is 4.90 Å². The molecule has 0 aliphatic heterocycles. The molecule has 0 aromatic carbocycles. The molecule has 0 N–H and O–H groups in total. The van der Waals surface area contributed by atoms with E-state index in [2.05, 4.69) is 32.6 Å². The Morgan fingerprint density at radius 3 is 1.05 bits per heavy atom. The summed E-state index contributed by atoms with van der Waals surface area (Å²) in [7, 11) is 1.69. The van der Waals surface area contributed by atoms with Crippen molar-refractivity contribution < 1.29 is 33.3 Å². The minimum absolute atomic E-state index is 0.00279. The Kier molecular flexibility index (Phi) is 52.7. The van der Waals surface area contributed by atoms with Crippen LogP contribution in [-0.2, 0) is 33.3 Å². The number of carbonyl (C=O) groups excluding carboxylic acids is 2. The number of carbonyl (C=O) groups is 2. The largest absolute Gasteiger partial charge is 0.465 e. The number of hydrogen-bond acceptors (Lipinski definition) is 8. The molecule has 0 saturated carbocycles. The summed E-state index contributed by atoms with van der Waals surface area (Å²) in [5.41, 5.74) is 0. The zero-order valence-corrected chi connectivity index (χ0v) is 44.4. The third-order valence-corrected chi connectivity index (χ3v) is 13.4. The van der Waals surface area contributed by atoms with E-state index in [0.29, 0.717) is 64.3 Å². The van der Waals surface area contributed by atoms with Gasteiger partial charge >= 0.3 is 11.9 Å². The van der Waals surface area contributed by atoms with Gasteiger partial charge < -0.3 is 28.6 Å². The molecule has 0 fully saturated rings. The number of ether oxygens (including phenoxy) is 5. The summed E-state index contributed by atoms with van der Waals surface area (Å²) in [5, 5.41) is 0. The molecule has 0 aliphatic rings. The standard InChI is InChI=1S/C57H113NO7/c1-6-10-14-18-23-31-39-54(38-30-17-13-9-4)52-64-56(59)42-34-26-21-28-36-44-58(46-47-62-50-51-63-49-48-61-5)45-37-29-22-27-35-43-57(60)65-53-55(40-32-24-19-15-11-7-2)41-33-25-20-16-12-8-3/h54-55H,6-53H2,1-5H3. The van der Waals surface area contributed by atoms with Gasteiger partial charge in [0.15, 0.2) is 0 Å². The third kappa shape index (κ3) is 49.0. The first-order valence-corrected chi connectivity index (χ1v) is 28.7. The lowest BCUT2D eigenvalue weighted by Gasteiger charge is -2.22. The Hall–Kier alpha value is -1.22. The van der Waals surface area contributed by atoms with Crippen LogP contribution >= 0.6 is 0 Å². The van der Waals surface area contributed by atoms with E-state index in [0.717, 1.165) is 64.8 Å². The molecule has 0 aromatic heterocycles. The van der Waals surface area contributed by atoms with Crippen LogP contribution in [0, 0.1) is 11.8 Å². The van der Waals surface area contributed by atoms with Gasteiger partial charge in [0.2, 0.25) is 0 Å². The molecule has 0 aliphatic carbocycles. The molecular weight excluding hydrogens is 811 g/mol. The Bertz CT molecular complexity index is 934. The van der Waals surface area contributed by atoms with Gasteiger partial charge in [-0.3, -0.25) is 9.59 Å². The van der Waals surface area contributed by atoms with Crippen LogP contribution in [0.15, 0.2) is 0 Å². The van der Waals surface area contributed by atoms with E-state index in [9.17, 15) is 9.59 Å². The van der Waals surface area contributed by atoms with Crippen LogP contribution in [-0.4, -0.2) is 89.8 Å². The Morgan fingerprint density at radius 1 is 0.354 bits per heavy atom. The molecule has 388 valence electrons. The van der Waals surface area contributed by atoms with Crippen LogP contribution in [0.25, 0.3) is 0 Å². The molecule has 0 rings (SSSR count).